The second-order valence-electron chi connectivity index (χ2n) is 6.43. The summed E-state index contributed by atoms with van der Waals surface area (Å²) in [5.74, 6) is 0.663. The van der Waals surface area contributed by atoms with E-state index in [4.69, 9.17) is 23.2 Å². The summed E-state index contributed by atoms with van der Waals surface area (Å²) in [6.07, 6.45) is 6.39. The highest BCUT2D eigenvalue weighted by molar-refractivity contribution is 6.40. The molecule has 0 bridgehead atoms. The third-order valence-electron chi connectivity index (χ3n) is 4.68. The lowest BCUT2D eigenvalue weighted by atomic mass is 9.93. The minimum atomic E-state index is -0.191. The Morgan fingerprint density at radius 3 is 2.68 bits per heavy atom. The molecule has 0 spiro atoms. The molecule has 0 saturated heterocycles. The third kappa shape index (κ3) is 4.63. The van der Waals surface area contributed by atoms with E-state index in [0.29, 0.717) is 16.3 Å². The fourth-order valence-electron chi connectivity index (χ4n) is 3.30. The molecule has 2 aromatic rings. The van der Waals surface area contributed by atoms with E-state index >= 15 is 0 Å². The Balaban J connectivity index is 1.48. The van der Waals surface area contributed by atoms with E-state index in [2.05, 4.69) is 16.4 Å². The van der Waals surface area contributed by atoms with E-state index in [1.165, 1.54) is 17.7 Å². The highest BCUT2D eigenvalue weighted by Gasteiger charge is 2.16. The first-order valence-corrected chi connectivity index (χ1v) is 9.36. The lowest BCUT2D eigenvalue weighted by molar-refractivity contribution is 0.463. The Labute approximate surface area is 157 Å². The molecule has 1 unspecified atom stereocenters. The molecule has 0 amide bonds. The number of rotatable bonds is 6. The number of benzene rings is 1. The molecule has 25 heavy (non-hydrogen) atoms. The minimum Gasteiger partial charge on any atom is -0.318 e. The van der Waals surface area contributed by atoms with Gasteiger partial charge < -0.3 is 9.88 Å². The van der Waals surface area contributed by atoms with Crippen molar-refractivity contribution in [2.24, 2.45) is 0 Å². The van der Waals surface area contributed by atoms with Gasteiger partial charge in [-0.3, -0.25) is 0 Å². The summed E-state index contributed by atoms with van der Waals surface area (Å²) in [4.78, 5) is 4.18. The molecule has 1 aliphatic heterocycles. The van der Waals surface area contributed by atoms with Crippen molar-refractivity contribution in [2.45, 2.75) is 45.2 Å². The van der Waals surface area contributed by atoms with Crippen LogP contribution in [-0.4, -0.2) is 22.1 Å². The normalized spacial score (nSPS) is 17.6. The van der Waals surface area contributed by atoms with Crippen LogP contribution in [0.1, 0.15) is 37.1 Å². The average Bonchev–Trinajstić information content (AvgIpc) is 2.85. The third-order valence-corrected chi connectivity index (χ3v) is 5.42. The van der Waals surface area contributed by atoms with E-state index in [0.717, 1.165) is 50.2 Å². The van der Waals surface area contributed by atoms with Gasteiger partial charge in [0.2, 0.25) is 0 Å². The summed E-state index contributed by atoms with van der Waals surface area (Å²) in [5, 5.41) is 4.44. The number of hydrogen-bond donors (Lipinski definition) is 1. The number of nitrogens with one attached hydrogen (secondary N) is 1. The lowest BCUT2D eigenvalue weighted by Gasteiger charge is -2.24. The smallest absolute Gasteiger partial charge is 0.166 e. The van der Waals surface area contributed by atoms with Crippen LogP contribution in [0.15, 0.2) is 30.3 Å². The molecule has 0 saturated carbocycles. The van der Waals surface area contributed by atoms with E-state index in [-0.39, 0.29) is 5.82 Å². The lowest BCUT2D eigenvalue weighted by Crippen LogP contribution is -2.32. The molecular formula is C19H22Cl2FN3. The monoisotopic (exact) mass is 381 g/mol. The van der Waals surface area contributed by atoms with Gasteiger partial charge in [-0.05, 0) is 49.5 Å². The van der Waals surface area contributed by atoms with Crippen LogP contribution >= 0.6 is 23.2 Å². The Kier molecular flexibility index (Phi) is 6.15. The molecular weight excluding hydrogens is 360 g/mol. The minimum absolute atomic E-state index is 0.191. The SMILES string of the molecule is Cc1nc(Cl)c(Cl)n1CCCCC1CC(c2ccc(F)cc2)=CCN1. The number of halogens is 3. The number of imidazole rings is 1. The Morgan fingerprint density at radius 2 is 2.00 bits per heavy atom. The fraction of sp³-hybridized carbons (Fsp3) is 0.421. The first kappa shape index (κ1) is 18.4. The number of hydrogen-bond acceptors (Lipinski definition) is 2. The average molecular weight is 382 g/mol. The van der Waals surface area contributed by atoms with Gasteiger partial charge in [-0.2, -0.15) is 0 Å². The van der Waals surface area contributed by atoms with Crippen LogP contribution in [0, 0.1) is 12.7 Å². The van der Waals surface area contributed by atoms with Crippen LogP contribution in [0.5, 0.6) is 0 Å². The van der Waals surface area contributed by atoms with Crippen molar-refractivity contribution < 1.29 is 4.39 Å². The topological polar surface area (TPSA) is 29.9 Å². The summed E-state index contributed by atoms with van der Waals surface area (Å²) >= 11 is 12.1. The van der Waals surface area contributed by atoms with Crippen LogP contribution in [0.25, 0.3) is 5.57 Å². The molecule has 1 aromatic heterocycles. The zero-order chi connectivity index (χ0) is 17.8. The highest BCUT2D eigenvalue weighted by Crippen LogP contribution is 2.26. The fourth-order valence-corrected chi connectivity index (χ4v) is 3.77. The van der Waals surface area contributed by atoms with Gasteiger partial charge in [0.05, 0.1) is 0 Å². The van der Waals surface area contributed by atoms with Crippen molar-refractivity contribution in [3.05, 3.63) is 57.9 Å². The molecule has 3 rings (SSSR count). The summed E-state index contributed by atoms with van der Waals surface area (Å²) < 4.78 is 15.0. The molecule has 0 fully saturated rings. The number of aromatic nitrogens is 2. The second-order valence-corrected chi connectivity index (χ2v) is 7.15. The van der Waals surface area contributed by atoms with Gasteiger partial charge in [-0.1, -0.05) is 47.8 Å². The van der Waals surface area contributed by atoms with Crippen molar-refractivity contribution in [3.63, 3.8) is 0 Å². The van der Waals surface area contributed by atoms with Crippen molar-refractivity contribution in [1.29, 1.82) is 0 Å². The molecule has 1 aromatic carbocycles. The van der Waals surface area contributed by atoms with Crippen LogP contribution in [0.3, 0.4) is 0 Å². The standard InChI is InChI=1S/C19H22Cl2FN3/c1-13-24-18(20)19(21)25(13)11-3-2-4-17-12-15(9-10-23-17)14-5-7-16(22)8-6-14/h5-9,17,23H,2-4,10-12H2,1H3. The van der Waals surface area contributed by atoms with Crippen LogP contribution in [0.4, 0.5) is 4.39 Å². The van der Waals surface area contributed by atoms with Crippen molar-refractivity contribution in [1.82, 2.24) is 14.9 Å². The number of nitrogens with zero attached hydrogens (tertiary/aromatic N) is 2. The molecule has 1 N–H and O–H groups in total. The molecule has 2 heterocycles. The quantitative estimate of drug-likeness (QED) is 0.692. The van der Waals surface area contributed by atoms with E-state index in [9.17, 15) is 4.39 Å². The van der Waals surface area contributed by atoms with E-state index in [1.807, 2.05) is 23.6 Å². The van der Waals surface area contributed by atoms with E-state index in [1.54, 1.807) is 0 Å². The Morgan fingerprint density at radius 1 is 1.24 bits per heavy atom. The predicted molar refractivity (Wildman–Crippen MR) is 102 cm³/mol. The summed E-state index contributed by atoms with van der Waals surface area (Å²) in [6, 6.07) is 7.22. The van der Waals surface area contributed by atoms with Crippen molar-refractivity contribution in [3.8, 4) is 0 Å². The Hall–Kier alpha value is -1.36. The summed E-state index contributed by atoms with van der Waals surface area (Å²) in [7, 11) is 0. The molecule has 3 nitrogen and oxygen atoms in total. The highest BCUT2D eigenvalue weighted by atomic mass is 35.5. The maximum atomic E-state index is 13.1. The Bertz CT molecular complexity index is 753. The maximum absolute atomic E-state index is 13.1. The van der Waals surface area contributed by atoms with Gasteiger partial charge in [0.25, 0.3) is 0 Å². The van der Waals surface area contributed by atoms with Crippen molar-refractivity contribution >= 4 is 28.8 Å². The molecule has 1 atom stereocenters. The molecule has 6 heteroatoms. The summed E-state index contributed by atoms with van der Waals surface area (Å²) in [5.41, 5.74) is 2.41. The zero-order valence-corrected chi connectivity index (χ0v) is 15.7. The first-order chi connectivity index (χ1) is 12.0. The van der Waals surface area contributed by atoms with Gasteiger partial charge in [0, 0.05) is 19.1 Å². The zero-order valence-electron chi connectivity index (χ0n) is 14.2. The number of aryl methyl sites for hydroxylation is 1. The molecule has 1 aliphatic rings. The van der Waals surface area contributed by atoms with Crippen molar-refractivity contribution in [2.75, 3.05) is 6.54 Å². The largest absolute Gasteiger partial charge is 0.318 e. The van der Waals surface area contributed by atoms with Gasteiger partial charge in [-0.25, -0.2) is 9.37 Å². The van der Waals surface area contributed by atoms with Gasteiger partial charge >= 0.3 is 0 Å². The van der Waals surface area contributed by atoms with Gasteiger partial charge in [0.1, 0.15) is 16.8 Å². The first-order valence-electron chi connectivity index (χ1n) is 8.61. The van der Waals surface area contributed by atoms with Crippen LogP contribution in [0.2, 0.25) is 10.3 Å². The van der Waals surface area contributed by atoms with E-state index < -0.39 is 0 Å². The van der Waals surface area contributed by atoms with Crippen LogP contribution < -0.4 is 5.32 Å². The summed E-state index contributed by atoms with van der Waals surface area (Å²) in [6.45, 7) is 3.61. The number of unbranched alkanes of at least 4 members (excludes halogenated alkanes) is 1. The predicted octanol–water partition coefficient (Wildman–Crippen LogP) is 5.25. The van der Waals surface area contributed by atoms with Crippen LogP contribution in [-0.2, 0) is 6.54 Å². The van der Waals surface area contributed by atoms with Gasteiger partial charge in [0.15, 0.2) is 5.15 Å². The molecule has 0 aliphatic carbocycles. The van der Waals surface area contributed by atoms with Gasteiger partial charge in [-0.15, -0.1) is 0 Å². The second kappa shape index (κ2) is 8.35. The molecule has 0 radical (unpaired) electrons. The maximum Gasteiger partial charge on any atom is 0.166 e. The molecule has 134 valence electrons.